The van der Waals surface area contributed by atoms with Gasteiger partial charge in [-0.3, -0.25) is 4.79 Å². The largest absolute Gasteiger partial charge is 0.300 e. The molecule has 0 rings (SSSR count). The second kappa shape index (κ2) is 23.7. The third kappa shape index (κ3) is 23.6. The maximum atomic E-state index is 11.9. The van der Waals surface area contributed by atoms with Crippen LogP contribution in [0.5, 0.6) is 0 Å². The van der Waals surface area contributed by atoms with Crippen LogP contribution in [-0.4, -0.2) is 5.78 Å². The summed E-state index contributed by atoms with van der Waals surface area (Å²) in [5.74, 6) is 0.514. The molecule has 1 heteroatoms. The van der Waals surface area contributed by atoms with Gasteiger partial charge in [-0.2, -0.15) is 0 Å². The van der Waals surface area contributed by atoms with Crippen molar-refractivity contribution in [2.45, 2.75) is 162 Å². The van der Waals surface area contributed by atoms with Gasteiger partial charge in [0.05, 0.1) is 0 Å². The van der Waals surface area contributed by atoms with Crippen molar-refractivity contribution in [1.82, 2.24) is 0 Å². The standard InChI is InChI=1S/C26H52O/c1-3-5-7-9-11-12-13-14-15-16-17-18-19-21-23-25-26(27)24-22-20-10-8-6-4-2/h3-25H2,1-2H3. The molecule has 0 aromatic rings. The Labute approximate surface area is 172 Å². The Morgan fingerprint density at radius 2 is 0.593 bits per heavy atom. The molecule has 27 heavy (non-hydrogen) atoms. The van der Waals surface area contributed by atoms with Crippen molar-refractivity contribution in [3.8, 4) is 0 Å². The van der Waals surface area contributed by atoms with E-state index in [0.717, 1.165) is 25.7 Å². The molecule has 0 aromatic heterocycles. The molecule has 0 aromatic carbocycles. The maximum absolute atomic E-state index is 11.9. The van der Waals surface area contributed by atoms with Gasteiger partial charge in [0.2, 0.25) is 0 Å². The zero-order valence-corrected chi connectivity index (χ0v) is 19.2. The van der Waals surface area contributed by atoms with Gasteiger partial charge in [-0.1, -0.05) is 136 Å². The maximum Gasteiger partial charge on any atom is 0.132 e. The van der Waals surface area contributed by atoms with Crippen LogP contribution in [0, 0.1) is 0 Å². The van der Waals surface area contributed by atoms with E-state index >= 15 is 0 Å². The lowest BCUT2D eigenvalue weighted by Crippen LogP contribution is -1.97. The monoisotopic (exact) mass is 380 g/mol. The fourth-order valence-electron chi connectivity index (χ4n) is 3.92. The minimum Gasteiger partial charge on any atom is -0.300 e. The number of hydrogen-bond donors (Lipinski definition) is 0. The Kier molecular flexibility index (Phi) is 23.4. The van der Waals surface area contributed by atoms with Crippen molar-refractivity contribution in [3.63, 3.8) is 0 Å². The van der Waals surface area contributed by atoms with Crippen molar-refractivity contribution in [3.05, 3.63) is 0 Å². The van der Waals surface area contributed by atoms with Crippen LogP contribution in [0.2, 0.25) is 0 Å². The molecule has 0 radical (unpaired) electrons. The van der Waals surface area contributed by atoms with Gasteiger partial charge in [-0.05, 0) is 12.8 Å². The van der Waals surface area contributed by atoms with E-state index in [1.165, 1.54) is 122 Å². The first-order chi connectivity index (χ1) is 13.3. The van der Waals surface area contributed by atoms with Crippen molar-refractivity contribution in [1.29, 1.82) is 0 Å². The number of carbonyl (C=O) groups excluding carboxylic acids is 1. The molecule has 0 heterocycles. The SMILES string of the molecule is CCCCCCCCCCCCCCCCCC(=O)CCCCCCCC. The van der Waals surface area contributed by atoms with Crippen LogP contribution < -0.4 is 0 Å². The highest BCUT2D eigenvalue weighted by molar-refractivity contribution is 5.78. The molecule has 0 unspecified atom stereocenters. The second-order valence-electron chi connectivity index (χ2n) is 8.76. The first-order valence-electron chi connectivity index (χ1n) is 12.8. The minimum absolute atomic E-state index is 0.514. The van der Waals surface area contributed by atoms with Gasteiger partial charge in [-0.25, -0.2) is 0 Å². The van der Waals surface area contributed by atoms with Crippen LogP contribution in [-0.2, 0) is 4.79 Å². The molecule has 0 aliphatic rings. The Bertz CT molecular complexity index is 284. The van der Waals surface area contributed by atoms with Crippen LogP contribution in [0.1, 0.15) is 162 Å². The zero-order valence-electron chi connectivity index (χ0n) is 19.2. The summed E-state index contributed by atoms with van der Waals surface area (Å²) in [5, 5.41) is 0. The van der Waals surface area contributed by atoms with Crippen LogP contribution in [0.25, 0.3) is 0 Å². The summed E-state index contributed by atoms with van der Waals surface area (Å²) in [6, 6.07) is 0. The van der Waals surface area contributed by atoms with Gasteiger partial charge >= 0.3 is 0 Å². The Hall–Kier alpha value is -0.330. The number of ketones is 1. The van der Waals surface area contributed by atoms with E-state index in [4.69, 9.17) is 0 Å². The lowest BCUT2D eigenvalue weighted by Gasteiger charge is -2.04. The smallest absolute Gasteiger partial charge is 0.132 e. The molecule has 0 spiro atoms. The number of rotatable bonds is 23. The van der Waals surface area contributed by atoms with Gasteiger partial charge in [0.25, 0.3) is 0 Å². The number of unbranched alkanes of at least 4 members (excludes halogenated alkanes) is 19. The molecular weight excluding hydrogens is 328 g/mol. The van der Waals surface area contributed by atoms with Gasteiger partial charge in [0.15, 0.2) is 0 Å². The summed E-state index contributed by atoms with van der Waals surface area (Å²) in [6.45, 7) is 4.54. The summed E-state index contributed by atoms with van der Waals surface area (Å²) < 4.78 is 0. The summed E-state index contributed by atoms with van der Waals surface area (Å²) in [6.07, 6.45) is 30.2. The van der Waals surface area contributed by atoms with Gasteiger partial charge in [0, 0.05) is 12.8 Å². The average molecular weight is 381 g/mol. The molecule has 0 saturated carbocycles. The molecule has 0 fully saturated rings. The highest BCUT2D eigenvalue weighted by atomic mass is 16.1. The predicted molar refractivity (Wildman–Crippen MR) is 123 cm³/mol. The number of carbonyl (C=O) groups is 1. The molecule has 0 aliphatic carbocycles. The topological polar surface area (TPSA) is 17.1 Å². The lowest BCUT2D eigenvalue weighted by molar-refractivity contribution is -0.119. The zero-order chi connectivity index (χ0) is 19.8. The van der Waals surface area contributed by atoms with Crippen LogP contribution >= 0.6 is 0 Å². The summed E-state index contributed by atoms with van der Waals surface area (Å²) in [5.41, 5.74) is 0. The summed E-state index contributed by atoms with van der Waals surface area (Å²) in [7, 11) is 0. The molecule has 0 aliphatic heterocycles. The van der Waals surface area contributed by atoms with E-state index in [-0.39, 0.29) is 0 Å². The van der Waals surface area contributed by atoms with Crippen molar-refractivity contribution < 1.29 is 4.79 Å². The van der Waals surface area contributed by atoms with E-state index in [1.54, 1.807) is 0 Å². The Morgan fingerprint density at radius 3 is 0.852 bits per heavy atom. The van der Waals surface area contributed by atoms with Gasteiger partial charge in [0.1, 0.15) is 5.78 Å². The molecule has 0 atom stereocenters. The number of hydrogen-bond acceptors (Lipinski definition) is 1. The average Bonchev–Trinajstić information content (AvgIpc) is 2.67. The number of Topliss-reactive ketones (excluding diaryl/α,β-unsaturated/α-hetero) is 1. The summed E-state index contributed by atoms with van der Waals surface area (Å²) >= 11 is 0. The molecular formula is C26H52O. The Balaban J connectivity index is 3.10. The molecule has 162 valence electrons. The predicted octanol–water partition coefficient (Wildman–Crippen LogP) is 9.57. The highest BCUT2D eigenvalue weighted by Gasteiger charge is 2.02. The van der Waals surface area contributed by atoms with E-state index in [9.17, 15) is 4.79 Å². The van der Waals surface area contributed by atoms with E-state index < -0.39 is 0 Å². The molecule has 0 N–H and O–H groups in total. The van der Waals surface area contributed by atoms with Crippen molar-refractivity contribution in [2.24, 2.45) is 0 Å². The van der Waals surface area contributed by atoms with Gasteiger partial charge < -0.3 is 0 Å². The first-order valence-corrected chi connectivity index (χ1v) is 12.8. The molecule has 0 bridgehead atoms. The third-order valence-electron chi connectivity index (χ3n) is 5.87. The highest BCUT2D eigenvalue weighted by Crippen LogP contribution is 2.14. The van der Waals surface area contributed by atoms with Crippen molar-refractivity contribution in [2.75, 3.05) is 0 Å². The first kappa shape index (κ1) is 26.7. The molecule has 1 nitrogen and oxygen atoms in total. The van der Waals surface area contributed by atoms with Crippen LogP contribution in [0.15, 0.2) is 0 Å². The quantitative estimate of drug-likeness (QED) is 0.161. The van der Waals surface area contributed by atoms with Crippen LogP contribution in [0.4, 0.5) is 0 Å². The minimum atomic E-state index is 0.514. The van der Waals surface area contributed by atoms with E-state index in [1.807, 2.05) is 0 Å². The summed E-state index contributed by atoms with van der Waals surface area (Å²) in [4.78, 5) is 11.9. The third-order valence-corrected chi connectivity index (χ3v) is 5.87. The normalized spacial score (nSPS) is 11.2. The fraction of sp³-hybridized carbons (Fsp3) is 0.962. The van der Waals surface area contributed by atoms with E-state index in [0.29, 0.717) is 5.78 Å². The van der Waals surface area contributed by atoms with Crippen LogP contribution in [0.3, 0.4) is 0 Å². The second-order valence-corrected chi connectivity index (χ2v) is 8.76. The van der Waals surface area contributed by atoms with Crippen molar-refractivity contribution >= 4 is 5.78 Å². The molecule has 0 amide bonds. The van der Waals surface area contributed by atoms with E-state index in [2.05, 4.69) is 13.8 Å². The lowest BCUT2D eigenvalue weighted by atomic mass is 10.0. The molecule has 0 saturated heterocycles. The fourth-order valence-corrected chi connectivity index (χ4v) is 3.92. The van der Waals surface area contributed by atoms with Gasteiger partial charge in [-0.15, -0.1) is 0 Å². The Morgan fingerprint density at radius 1 is 0.370 bits per heavy atom.